The Kier molecular flexibility index (Phi) is 5.92. The molecule has 7 heteroatoms. The predicted octanol–water partition coefficient (Wildman–Crippen LogP) is 2.53. The van der Waals surface area contributed by atoms with E-state index in [4.69, 9.17) is 0 Å². The van der Waals surface area contributed by atoms with Gasteiger partial charge in [0.25, 0.3) is 0 Å². The fourth-order valence-electron chi connectivity index (χ4n) is 4.36. The summed E-state index contributed by atoms with van der Waals surface area (Å²) in [7, 11) is 1.99. The van der Waals surface area contributed by atoms with Gasteiger partial charge < -0.3 is 14.8 Å². The van der Waals surface area contributed by atoms with Gasteiger partial charge in [-0.3, -0.25) is 4.90 Å². The van der Waals surface area contributed by atoms with Gasteiger partial charge in [0.2, 0.25) is 0 Å². The lowest BCUT2D eigenvalue weighted by Crippen LogP contribution is -2.43. The predicted molar refractivity (Wildman–Crippen MR) is 113 cm³/mol. The molecule has 2 aromatic rings. The highest BCUT2D eigenvalue weighted by atomic mass is 32.2. The first-order valence-electron chi connectivity index (χ1n) is 10.0. The minimum atomic E-state index is 0.0310. The Morgan fingerprint density at radius 2 is 1.93 bits per heavy atom. The van der Waals surface area contributed by atoms with E-state index in [9.17, 15) is 4.79 Å². The summed E-state index contributed by atoms with van der Waals surface area (Å²) in [5.41, 5.74) is 4.01. The van der Waals surface area contributed by atoms with Crippen LogP contribution in [0.5, 0.6) is 0 Å². The molecule has 0 radical (unpaired) electrons. The zero-order valence-electron chi connectivity index (χ0n) is 16.7. The normalized spacial score (nSPS) is 18.1. The second-order valence-corrected chi connectivity index (χ2v) is 8.43. The number of fused-ring (bicyclic) bond motifs is 1. The Labute approximate surface area is 171 Å². The highest BCUT2D eigenvalue weighted by Gasteiger charge is 2.28. The van der Waals surface area contributed by atoms with Gasteiger partial charge in [-0.2, -0.15) is 0 Å². The van der Waals surface area contributed by atoms with Crippen LogP contribution in [0.25, 0.3) is 0 Å². The van der Waals surface area contributed by atoms with Gasteiger partial charge >= 0.3 is 6.03 Å². The average molecular weight is 400 g/mol. The van der Waals surface area contributed by atoms with Crippen LogP contribution in [0.4, 0.5) is 4.79 Å². The summed E-state index contributed by atoms with van der Waals surface area (Å²) in [6, 6.07) is 9.41. The number of carbonyl (C=O) groups is 1. The molecule has 1 aromatic heterocycles. The number of nitrogens with zero attached hydrogens (tertiary/aromatic N) is 4. The van der Waals surface area contributed by atoms with Crippen molar-refractivity contribution in [3.05, 3.63) is 47.3 Å². The molecule has 1 fully saturated rings. The standard InChI is InChI=1S/C21H29N5OS/c1-24-19(15-23-21(24)28-2)14-22-20(27)26-9-5-8-25(10-11-26)18-12-16-6-3-4-7-17(16)13-18/h3-4,6-7,15,18H,5,8-14H2,1-2H3,(H,22,27). The van der Waals surface area contributed by atoms with Crippen LogP contribution in [0, 0.1) is 0 Å². The molecule has 1 aliphatic heterocycles. The molecule has 2 heterocycles. The van der Waals surface area contributed by atoms with E-state index in [1.807, 2.05) is 29.0 Å². The molecule has 0 saturated carbocycles. The summed E-state index contributed by atoms with van der Waals surface area (Å²) in [6.07, 6.45) is 7.16. The largest absolute Gasteiger partial charge is 0.332 e. The van der Waals surface area contributed by atoms with E-state index in [-0.39, 0.29) is 6.03 Å². The molecule has 2 amide bonds. The van der Waals surface area contributed by atoms with Crippen LogP contribution in [0.3, 0.4) is 0 Å². The number of thioether (sulfide) groups is 1. The van der Waals surface area contributed by atoms with Crippen molar-refractivity contribution < 1.29 is 4.79 Å². The fraction of sp³-hybridized carbons (Fsp3) is 0.524. The van der Waals surface area contributed by atoms with Crippen molar-refractivity contribution in [2.45, 2.75) is 37.0 Å². The van der Waals surface area contributed by atoms with Gasteiger partial charge in [0.1, 0.15) is 0 Å². The zero-order valence-corrected chi connectivity index (χ0v) is 17.5. The highest BCUT2D eigenvalue weighted by molar-refractivity contribution is 7.98. The molecule has 28 heavy (non-hydrogen) atoms. The van der Waals surface area contributed by atoms with Crippen molar-refractivity contribution in [2.75, 3.05) is 32.4 Å². The Balaban J connectivity index is 1.29. The van der Waals surface area contributed by atoms with Crippen molar-refractivity contribution in [1.29, 1.82) is 0 Å². The van der Waals surface area contributed by atoms with E-state index in [0.29, 0.717) is 12.6 Å². The van der Waals surface area contributed by atoms with E-state index in [0.717, 1.165) is 56.3 Å². The summed E-state index contributed by atoms with van der Waals surface area (Å²) in [5, 5.41) is 4.04. The summed E-state index contributed by atoms with van der Waals surface area (Å²) < 4.78 is 2.03. The minimum Gasteiger partial charge on any atom is -0.332 e. The quantitative estimate of drug-likeness (QED) is 0.803. The molecule has 0 atom stereocenters. The third-order valence-corrected chi connectivity index (χ3v) is 6.75. The minimum absolute atomic E-state index is 0.0310. The second kappa shape index (κ2) is 8.57. The number of hydrogen-bond donors (Lipinski definition) is 1. The third-order valence-electron chi connectivity index (χ3n) is 6.01. The number of rotatable bonds is 4. The molecule has 4 rings (SSSR count). The van der Waals surface area contributed by atoms with E-state index in [1.54, 1.807) is 11.8 Å². The van der Waals surface area contributed by atoms with Crippen molar-refractivity contribution in [1.82, 2.24) is 24.7 Å². The molecule has 1 aliphatic carbocycles. The van der Waals surface area contributed by atoms with E-state index < -0.39 is 0 Å². The molecule has 2 aliphatic rings. The Bertz CT molecular complexity index is 811. The maximum Gasteiger partial charge on any atom is 0.317 e. The fourth-order valence-corrected chi connectivity index (χ4v) is 4.91. The number of carbonyl (C=O) groups excluding carboxylic acids is 1. The van der Waals surface area contributed by atoms with Gasteiger partial charge in [-0.15, -0.1) is 0 Å². The molecule has 1 aromatic carbocycles. The zero-order chi connectivity index (χ0) is 19.5. The lowest BCUT2D eigenvalue weighted by Gasteiger charge is -2.27. The lowest BCUT2D eigenvalue weighted by atomic mass is 10.1. The molecule has 0 unspecified atom stereocenters. The Hall–Kier alpha value is -1.99. The van der Waals surface area contributed by atoms with Crippen LogP contribution in [-0.4, -0.2) is 63.9 Å². The third kappa shape index (κ3) is 4.05. The summed E-state index contributed by atoms with van der Waals surface area (Å²) in [6.45, 7) is 4.15. The molecule has 1 saturated heterocycles. The highest BCUT2D eigenvalue weighted by Crippen LogP contribution is 2.26. The number of nitrogens with one attached hydrogen (secondary N) is 1. The first-order valence-corrected chi connectivity index (χ1v) is 11.3. The maximum absolute atomic E-state index is 12.7. The van der Waals surface area contributed by atoms with Gasteiger partial charge in [0.15, 0.2) is 5.16 Å². The number of urea groups is 1. The van der Waals surface area contributed by atoms with E-state index in [1.165, 1.54) is 11.1 Å². The van der Waals surface area contributed by atoms with Crippen molar-refractivity contribution in [2.24, 2.45) is 7.05 Å². The van der Waals surface area contributed by atoms with Gasteiger partial charge in [-0.25, -0.2) is 9.78 Å². The smallest absolute Gasteiger partial charge is 0.317 e. The maximum atomic E-state index is 12.7. The van der Waals surface area contributed by atoms with Crippen molar-refractivity contribution >= 4 is 17.8 Å². The van der Waals surface area contributed by atoms with E-state index in [2.05, 4.69) is 39.5 Å². The van der Waals surface area contributed by atoms with Crippen molar-refractivity contribution in [3.8, 4) is 0 Å². The number of hydrogen-bond acceptors (Lipinski definition) is 4. The van der Waals surface area contributed by atoms with Crippen LogP contribution in [0.15, 0.2) is 35.6 Å². The number of amides is 2. The van der Waals surface area contributed by atoms with Crippen LogP contribution >= 0.6 is 11.8 Å². The summed E-state index contributed by atoms with van der Waals surface area (Å²) in [5.74, 6) is 0. The van der Waals surface area contributed by atoms with Crippen LogP contribution in [0.1, 0.15) is 23.2 Å². The van der Waals surface area contributed by atoms with Gasteiger partial charge in [-0.05, 0) is 36.6 Å². The molecule has 6 nitrogen and oxygen atoms in total. The molecule has 150 valence electrons. The van der Waals surface area contributed by atoms with Gasteiger partial charge in [0.05, 0.1) is 18.4 Å². The van der Waals surface area contributed by atoms with Crippen LogP contribution < -0.4 is 5.32 Å². The number of imidazole rings is 1. The Morgan fingerprint density at radius 1 is 1.18 bits per heavy atom. The van der Waals surface area contributed by atoms with Gasteiger partial charge in [-0.1, -0.05) is 36.0 Å². The second-order valence-electron chi connectivity index (χ2n) is 7.66. The summed E-state index contributed by atoms with van der Waals surface area (Å²) >= 11 is 1.61. The molecule has 0 bridgehead atoms. The van der Waals surface area contributed by atoms with Crippen molar-refractivity contribution in [3.63, 3.8) is 0 Å². The monoisotopic (exact) mass is 399 g/mol. The molecule has 1 N–H and O–H groups in total. The summed E-state index contributed by atoms with van der Waals surface area (Å²) in [4.78, 5) is 21.6. The van der Waals surface area contributed by atoms with Crippen LogP contribution in [-0.2, 0) is 26.4 Å². The first-order chi connectivity index (χ1) is 13.7. The number of benzene rings is 1. The number of aromatic nitrogens is 2. The SMILES string of the molecule is CSc1ncc(CNC(=O)N2CCCN(C3Cc4ccccc4C3)CC2)n1C. The first kappa shape index (κ1) is 19.3. The Morgan fingerprint density at radius 3 is 2.61 bits per heavy atom. The van der Waals surface area contributed by atoms with Gasteiger partial charge in [0, 0.05) is 39.3 Å². The van der Waals surface area contributed by atoms with Crippen LogP contribution in [0.2, 0.25) is 0 Å². The molecule has 0 spiro atoms. The topological polar surface area (TPSA) is 53.4 Å². The molecular weight excluding hydrogens is 370 g/mol. The molecular formula is C21H29N5OS. The average Bonchev–Trinajstić information content (AvgIpc) is 3.20. The van der Waals surface area contributed by atoms with E-state index >= 15 is 0 Å². The lowest BCUT2D eigenvalue weighted by molar-refractivity contribution is 0.188.